The Morgan fingerprint density at radius 3 is 2.46 bits per heavy atom. The van der Waals surface area contributed by atoms with Gasteiger partial charge in [0.25, 0.3) is 0 Å². The van der Waals surface area contributed by atoms with E-state index in [1.165, 1.54) is 10.8 Å². The topological polar surface area (TPSA) is 32.3 Å². The van der Waals surface area contributed by atoms with Gasteiger partial charge in [-0.25, -0.2) is 4.98 Å². The Hall–Kier alpha value is -2.72. The third-order valence-corrected chi connectivity index (χ3v) is 4.97. The number of benzene rings is 1. The lowest BCUT2D eigenvalue weighted by Crippen LogP contribution is -2.46. The lowest BCUT2D eigenvalue weighted by atomic mass is 10.1. The zero-order valence-electron chi connectivity index (χ0n) is 15.2. The average molecular weight is 344 g/mol. The second-order valence-electron chi connectivity index (χ2n) is 6.60. The lowest BCUT2D eigenvalue weighted by Gasteiger charge is -2.35. The quantitative estimate of drug-likeness (QED) is 0.717. The summed E-state index contributed by atoms with van der Waals surface area (Å²) in [6, 6.07) is 16.6. The normalized spacial score (nSPS) is 15.8. The number of rotatable bonds is 4. The van der Waals surface area contributed by atoms with Crippen LogP contribution in [0.25, 0.3) is 22.9 Å². The van der Waals surface area contributed by atoms with Gasteiger partial charge in [0.05, 0.1) is 11.4 Å². The third kappa shape index (κ3) is 3.60. The Morgan fingerprint density at radius 2 is 1.69 bits per heavy atom. The van der Waals surface area contributed by atoms with E-state index in [1.54, 1.807) is 0 Å². The summed E-state index contributed by atoms with van der Waals surface area (Å²) in [7, 11) is 0. The van der Waals surface area contributed by atoms with Crippen molar-refractivity contribution < 1.29 is 0 Å². The largest absolute Gasteiger partial charge is 0.354 e. The summed E-state index contributed by atoms with van der Waals surface area (Å²) in [6.45, 7) is 7.60. The fraction of sp³-hybridized carbons (Fsp3) is 0.273. The molecule has 3 aromatic rings. The van der Waals surface area contributed by atoms with E-state index < -0.39 is 0 Å². The number of anilines is 1. The number of hydrogen-bond donors (Lipinski definition) is 0. The summed E-state index contributed by atoms with van der Waals surface area (Å²) < 4.78 is 0. The van der Waals surface area contributed by atoms with Gasteiger partial charge < -0.3 is 9.80 Å². The van der Waals surface area contributed by atoms with Gasteiger partial charge in [0.2, 0.25) is 0 Å². The van der Waals surface area contributed by atoms with Crippen molar-refractivity contribution in [2.24, 2.45) is 0 Å². The van der Waals surface area contributed by atoms with Crippen LogP contribution in [0.4, 0.5) is 5.82 Å². The molecule has 3 heterocycles. The zero-order chi connectivity index (χ0) is 17.8. The molecule has 0 bridgehead atoms. The number of likely N-dealkylation sites (N-methyl/N-ethyl adjacent to an activating group) is 1. The predicted molar refractivity (Wildman–Crippen MR) is 109 cm³/mol. The zero-order valence-corrected chi connectivity index (χ0v) is 15.2. The maximum atomic E-state index is 4.98. The number of nitrogens with zero attached hydrogens (tertiary/aromatic N) is 4. The molecule has 1 aliphatic heterocycles. The van der Waals surface area contributed by atoms with Crippen molar-refractivity contribution in [1.82, 2.24) is 14.9 Å². The minimum absolute atomic E-state index is 0.945. The molecule has 4 heteroatoms. The van der Waals surface area contributed by atoms with Crippen LogP contribution in [0.15, 0.2) is 54.7 Å². The van der Waals surface area contributed by atoms with Gasteiger partial charge in [0.15, 0.2) is 0 Å². The smallest absolute Gasteiger partial charge is 0.137 e. The van der Waals surface area contributed by atoms with E-state index in [4.69, 9.17) is 4.98 Å². The second-order valence-corrected chi connectivity index (χ2v) is 6.60. The highest BCUT2D eigenvalue weighted by molar-refractivity contribution is 5.94. The molecule has 0 unspecified atom stereocenters. The van der Waals surface area contributed by atoms with Crippen LogP contribution in [0.3, 0.4) is 0 Å². The van der Waals surface area contributed by atoms with Crippen molar-refractivity contribution in [3.8, 4) is 0 Å². The summed E-state index contributed by atoms with van der Waals surface area (Å²) in [5.74, 6) is 1.10. The Labute approximate surface area is 154 Å². The third-order valence-electron chi connectivity index (χ3n) is 4.97. The Morgan fingerprint density at radius 1 is 0.923 bits per heavy atom. The van der Waals surface area contributed by atoms with Crippen LogP contribution in [0.1, 0.15) is 18.3 Å². The molecule has 0 N–H and O–H groups in total. The lowest BCUT2D eigenvalue weighted by molar-refractivity contribution is 0.271. The van der Waals surface area contributed by atoms with Gasteiger partial charge in [-0.05, 0) is 42.3 Å². The van der Waals surface area contributed by atoms with Gasteiger partial charge in [0.1, 0.15) is 5.82 Å². The molecule has 132 valence electrons. The standard InChI is InChI=1S/C22H24N4/c1-2-25-13-15-26(16-14-25)22-21-9-4-3-7-18(21)17-20(24-22)11-10-19-8-5-6-12-23-19/h3-12,17H,2,13-16H2,1H3. The fourth-order valence-corrected chi connectivity index (χ4v) is 3.45. The molecule has 0 amide bonds. The molecule has 1 aliphatic rings. The van der Waals surface area contributed by atoms with E-state index in [0.717, 1.165) is 49.9 Å². The maximum absolute atomic E-state index is 4.98. The van der Waals surface area contributed by atoms with Crippen LogP contribution in [-0.4, -0.2) is 47.6 Å². The van der Waals surface area contributed by atoms with Crippen LogP contribution < -0.4 is 4.90 Å². The van der Waals surface area contributed by atoms with Crippen LogP contribution in [0, 0.1) is 0 Å². The highest BCUT2D eigenvalue weighted by Crippen LogP contribution is 2.27. The van der Waals surface area contributed by atoms with Crippen molar-refractivity contribution in [2.45, 2.75) is 6.92 Å². The van der Waals surface area contributed by atoms with Gasteiger partial charge in [-0.1, -0.05) is 37.3 Å². The molecular formula is C22H24N4. The summed E-state index contributed by atoms with van der Waals surface area (Å²) in [4.78, 5) is 14.3. The first-order valence-corrected chi connectivity index (χ1v) is 9.29. The fourth-order valence-electron chi connectivity index (χ4n) is 3.45. The van der Waals surface area contributed by atoms with E-state index in [-0.39, 0.29) is 0 Å². The van der Waals surface area contributed by atoms with Crippen molar-refractivity contribution in [1.29, 1.82) is 0 Å². The number of piperazine rings is 1. The number of aromatic nitrogens is 2. The van der Waals surface area contributed by atoms with Crippen LogP contribution in [0.5, 0.6) is 0 Å². The molecular weight excluding hydrogens is 320 g/mol. The SMILES string of the molecule is CCN1CCN(c2nc(C=Cc3ccccn3)cc3ccccc23)CC1. The molecule has 0 aliphatic carbocycles. The highest BCUT2D eigenvalue weighted by atomic mass is 15.3. The second kappa shape index (κ2) is 7.67. The van der Waals surface area contributed by atoms with Gasteiger partial charge in [-0.2, -0.15) is 0 Å². The summed E-state index contributed by atoms with van der Waals surface area (Å²) >= 11 is 0. The molecule has 1 aromatic carbocycles. The summed E-state index contributed by atoms with van der Waals surface area (Å²) in [5, 5.41) is 2.46. The molecule has 4 rings (SSSR count). The van der Waals surface area contributed by atoms with E-state index in [0.29, 0.717) is 0 Å². The van der Waals surface area contributed by atoms with Crippen LogP contribution in [-0.2, 0) is 0 Å². The van der Waals surface area contributed by atoms with E-state index in [9.17, 15) is 0 Å². The maximum Gasteiger partial charge on any atom is 0.137 e. The molecule has 1 saturated heterocycles. The van der Waals surface area contributed by atoms with Gasteiger partial charge in [-0.3, -0.25) is 4.98 Å². The van der Waals surface area contributed by atoms with Gasteiger partial charge in [-0.15, -0.1) is 0 Å². The van der Waals surface area contributed by atoms with Crippen LogP contribution in [0.2, 0.25) is 0 Å². The molecule has 4 nitrogen and oxygen atoms in total. The summed E-state index contributed by atoms with van der Waals surface area (Å²) in [6.07, 6.45) is 5.89. The molecule has 0 spiro atoms. The minimum Gasteiger partial charge on any atom is -0.354 e. The molecule has 1 fully saturated rings. The first-order valence-electron chi connectivity index (χ1n) is 9.29. The van der Waals surface area contributed by atoms with E-state index >= 15 is 0 Å². The minimum atomic E-state index is 0.945. The number of pyridine rings is 2. The predicted octanol–water partition coefficient (Wildman–Crippen LogP) is 3.94. The first kappa shape index (κ1) is 16.7. The van der Waals surface area contributed by atoms with Crippen molar-refractivity contribution >= 4 is 28.7 Å². The highest BCUT2D eigenvalue weighted by Gasteiger charge is 2.19. The van der Waals surface area contributed by atoms with Gasteiger partial charge in [0, 0.05) is 37.8 Å². The number of fused-ring (bicyclic) bond motifs is 1. The van der Waals surface area contributed by atoms with Crippen molar-refractivity contribution in [3.05, 3.63) is 66.1 Å². The summed E-state index contributed by atoms with van der Waals surface area (Å²) in [5.41, 5.74) is 1.92. The molecule has 0 radical (unpaired) electrons. The van der Waals surface area contributed by atoms with Crippen LogP contribution >= 0.6 is 0 Å². The van der Waals surface area contributed by atoms with E-state index in [2.05, 4.69) is 58.1 Å². The van der Waals surface area contributed by atoms with E-state index in [1.807, 2.05) is 30.5 Å². The molecule has 0 saturated carbocycles. The Kier molecular flexibility index (Phi) is 4.93. The van der Waals surface area contributed by atoms with Gasteiger partial charge >= 0.3 is 0 Å². The number of hydrogen-bond acceptors (Lipinski definition) is 4. The van der Waals surface area contributed by atoms with Crippen molar-refractivity contribution in [2.75, 3.05) is 37.6 Å². The Bertz CT molecular complexity index is 896. The van der Waals surface area contributed by atoms with Crippen molar-refractivity contribution in [3.63, 3.8) is 0 Å². The first-order chi connectivity index (χ1) is 12.8. The average Bonchev–Trinajstić information content (AvgIpc) is 2.72. The Balaban J connectivity index is 1.68. The molecule has 26 heavy (non-hydrogen) atoms. The monoisotopic (exact) mass is 344 g/mol. The molecule has 2 aromatic heterocycles. The molecule has 0 atom stereocenters.